The molecule has 0 aliphatic rings. The van der Waals surface area contributed by atoms with E-state index in [2.05, 4.69) is 25.6 Å². The van der Waals surface area contributed by atoms with Crippen LogP contribution >= 0.6 is 23.2 Å². The van der Waals surface area contributed by atoms with Gasteiger partial charge in [-0.15, -0.1) is 23.2 Å². The highest BCUT2D eigenvalue weighted by Gasteiger charge is 2.05. The van der Waals surface area contributed by atoms with Gasteiger partial charge in [0, 0.05) is 30.5 Å². The smallest absolute Gasteiger partial charge is 0.173 e. The first-order valence-electron chi connectivity index (χ1n) is 9.29. The number of methoxy groups -OCH3 is 1. The van der Waals surface area contributed by atoms with Crippen LogP contribution in [0.5, 0.6) is 5.75 Å². The summed E-state index contributed by atoms with van der Waals surface area (Å²) in [4.78, 5) is 6.44. The van der Waals surface area contributed by atoms with Gasteiger partial charge in [-0.25, -0.2) is 4.99 Å². The number of hydroxylamine groups is 1. The van der Waals surface area contributed by atoms with Crippen molar-refractivity contribution in [3.05, 3.63) is 54.1 Å². The third kappa shape index (κ3) is 7.33. The molecular weight excluding hydrogens is 425 g/mol. The van der Waals surface area contributed by atoms with Crippen LogP contribution in [0.4, 0.5) is 11.4 Å². The monoisotopic (exact) mass is 449 g/mol. The van der Waals surface area contributed by atoms with Gasteiger partial charge in [0.25, 0.3) is 0 Å². The molecule has 0 saturated heterocycles. The van der Waals surface area contributed by atoms with E-state index in [0.29, 0.717) is 23.2 Å². The molecule has 0 aliphatic carbocycles. The van der Waals surface area contributed by atoms with Crippen LogP contribution in [-0.4, -0.2) is 54.9 Å². The predicted octanol–water partition coefficient (Wildman–Crippen LogP) is 4.48. The van der Waals surface area contributed by atoms with E-state index in [-0.39, 0.29) is 5.84 Å². The number of nitrogens with zero attached hydrogens (tertiary/aromatic N) is 4. The number of rotatable bonds is 10. The fraction of sp³-hybridized carbons (Fsp3) is 0.286. The highest BCUT2D eigenvalue weighted by molar-refractivity contribution is 6.40. The normalized spacial score (nSPS) is 12.3. The maximum atomic E-state index is 9.38. The van der Waals surface area contributed by atoms with E-state index in [9.17, 15) is 5.21 Å². The quantitative estimate of drug-likeness (QED) is 0.242. The van der Waals surface area contributed by atoms with Crippen molar-refractivity contribution in [3.63, 3.8) is 0 Å². The summed E-state index contributed by atoms with van der Waals surface area (Å²) in [5, 5.41) is 17.6. The van der Waals surface area contributed by atoms with E-state index >= 15 is 0 Å². The van der Waals surface area contributed by atoms with Gasteiger partial charge in [0.2, 0.25) is 0 Å². The topological polar surface area (TPSA) is 81.8 Å². The van der Waals surface area contributed by atoms with Crippen molar-refractivity contribution in [2.24, 2.45) is 15.2 Å². The number of benzene rings is 2. The number of alkyl halides is 2. The molecule has 0 aromatic heterocycles. The minimum Gasteiger partial charge on any atom is -0.497 e. The van der Waals surface area contributed by atoms with Gasteiger partial charge in [0.15, 0.2) is 5.84 Å². The van der Waals surface area contributed by atoms with Crippen molar-refractivity contribution < 1.29 is 9.94 Å². The van der Waals surface area contributed by atoms with Crippen molar-refractivity contribution in [2.45, 2.75) is 6.92 Å². The Hall–Kier alpha value is -2.61. The minimum atomic E-state index is 0.199. The SMILES string of the molecule is COc1ccc(N=C(NO)C(C)=NN=Cc2ccc(N(CCCl)CCCl)cc2)cc1. The molecule has 0 atom stereocenters. The van der Waals surface area contributed by atoms with Crippen molar-refractivity contribution in [2.75, 3.05) is 36.9 Å². The summed E-state index contributed by atoms with van der Waals surface area (Å²) in [6, 6.07) is 15.0. The summed E-state index contributed by atoms with van der Waals surface area (Å²) in [5.74, 6) is 1.99. The molecule has 7 nitrogen and oxygen atoms in total. The third-order valence-electron chi connectivity index (χ3n) is 4.14. The van der Waals surface area contributed by atoms with Gasteiger partial charge in [-0.2, -0.15) is 10.2 Å². The maximum absolute atomic E-state index is 9.38. The number of aliphatic imine (C=N–C) groups is 1. The van der Waals surface area contributed by atoms with E-state index in [0.717, 1.165) is 30.1 Å². The Morgan fingerprint density at radius 3 is 2.23 bits per heavy atom. The summed E-state index contributed by atoms with van der Waals surface area (Å²) in [5.41, 5.74) is 5.06. The average Bonchev–Trinajstić information content (AvgIpc) is 2.78. The molecule has 0 saturated carbocycles. The van der Waals surface area contributed by atoms with Crippen LogP contribution in [0.15, 0.2) is 63.7 Å². The molecule has 0 aliphatic heterocycles. The van der Waals surface area contributed by atoms with Gasteiger partial charge < -0.3 is 9.64 Å². The second kappa shape index (κ2) is 12.8. The average molecular weight is 450 g/mol. The molecule has 30 heavy (non-hydrogen) atoms. The van der Waals surface area contributed by atoms with E-state index < -0.39 is 0 Å². The Balaban J connectivity index is 2.07. The first-order valence-corrected chi connectivity index (χ1v) is 10.4. The molecule has 160 valence electrons. The summed E-state index contributed by atoms with van der Waals surface area (Å²) >= 11 is 11.7. The lowest BCUT2D eigenvalue weighted by molar-refractivity contribution is 0.236. The van der Waals surface area contributed by atoms with E-state index in [4.69, 9.17) is 27.9 Å². The van der Waals surface area contributed by atoms with Gasteiger partial charge in [-0.05, 0) is 48.9 Å². The minimum absolute atomic E-state index is 0.199. The van der Waals surface area contributed by atoms with Gasteiger partial charge in [-0.1, -0.05) is 12.1 Å². The molecular formula is C21H25Cl2N5O2. The van der Waals surface area contributed by atoms with Crippen molar-refractivity contribution in [1.29, 1.82) is 0 Å². The summed E-state index contributed by atoms with van der Waals surface area (Å²) in [6.45, 7) is 3.16. The predicted molar refractivity (Wildman–Crippen MR) is 126 cm³/mol. The Morgan fingerprint density at radius 1 is 1.07 bits per heavy atom. The molecule has 0 amide bonds. The first kappa shape index (κ1) is 23.7. The molecule has 2 aromatic rings. The van der Waals surface area contributed by atoms with Gasteiger partial charge in [-0.3, -0.25) is 10.7 Å². The van der Waals surface area contributed by atoms with Gasteiger partial charge in [0.1, 0.15) is 11.5 Å². The van der Waals surface area contributed by atoms with E-state index in [1.807, 2.05) is 24.3 Å². The van der Waals surface area contributed by atoms with Gasteiger partial charge in [0.05, 0.1) is 19.0 Å². The first-order chi connectivity index (χ1) is 14.6. The highest BCUT2D eigenvalue weighted by Crippen LogP contribution is 2.18. The van der Waals surface area contributed by atoms with Crippen LogP contribution in [0.3, 0.4) is 0 Å². The van der Waals surface area contributed by atoms with Crippen molar-refractivity contribution >= 4 is 52.3 Å². The molecule has 0 bridgehead atoms. The molecule has 0 radical (unpaired) electrons. The molecule has 0 spiro atoms. The second-order valence-corrected chi connectivity index (χ2v) is 6.91. The Kier molecular flexibility index (Phi) is 10.1. The van der Waals surface area contributed by atoms with Crippen LogP contribution in [0.25, 0.3) is 0 Å². The van der Waals surface area contributed by atoms with Crippen molar-refractivity contribution in [1.82, 2.24) is 5.48 Å². The number of ether oxygens (including phenoxy) is 1. The Labute approximate surface area is 186 Å². The lowest BCUT2D eigenvalue weighted by Gasteiger charge is -2.22. The number of anilines is 1. The number of hydrogen-bond acceptors (Lipinski definition) is 6. The highest BCUT2D eigenvalue weighted by atomic mass is 35.5. The molecule has 2 aromatic carbocycles. The zero-order valence-corrected chi connectivity index (χ0v) is 18.4. The largest absolute Gasteiger partial charge is 0.497 e. The van der Waals surface area contributed by atoms with Crippen LogP contribution in [0, 0.1) is 0 Å². The number of halogens is 2. The molecule has 2 rings (SSSR count). The molecule has 0 heterocycles. The summed E-state index contributed by atoms with van der Waals surface area (Å²) < 4.78 is 5.12. The second-order valence-electron chi connectivity index (χ2n) is 6.16. The van der Waals surface area contributed by atoms with Gasteiger partial charge >= 0.3 is 0 Å². The maximum Gasteiger partial charge on any atom is 0.173 e. The van der Waals surface area contributed by atoms with Crippen LogP contribution < -0.4 is 15.1 Å². The third-order valence-corrected chi connectivity index (χ3v) is 4.48. The fourth-order valence-electron chi connectivity index (χ4n) is 2.55. The summed E-state index contributed by atoms with van der Waals surface area (Å²) in [7, 11) is 1.59. The van der Waals surface area contributed by atoms with Crippen molar-refractivity contribution in [3.8, 4) is 5.75 Å². The van der Waals surface area contributed by atoms with E-state index in [1.54, 1.807) is 44.5 Å². The Bertz CT molecular complexity index is 862. The Morgan fingerprint density at radius 2 is 1.70 bits per heavy atom. The van der Waals surface area contributed by atoms with E-state index in [1.165, 1.54) is 0 Å². The van der Waals surface area contributed by atoms with Crippen LogP contribution in [-0.2, 0) is 0 Å². The number of hydrogen-bond donors (Lipinski definition) is 2. The number of nitrogens with one attached hydrogen (secondary N) is 1. The molecule has 0 unspecified atom stereocenters. The lowest BCUT2D eigenvalue weighted by atomic mass is 10.2. The molecule has 0 fully saturated rings. The number of amidine groups is 1. The molecule has 9 heteroatoms. The standard InChI is InChI=1S/C21H25Cl2N5O2/c1-16(21(27-29)25-18-5-9-20(30-2)10-6-18)26-24-15-17-3-7-19(8-4-17)28(13-11-22)14-12-23/h3-10,15,29H,11-14H2,1-2H3,(H,25,27). The van der Waals surface area contributed by atoms with Crippen LogP contribution in [0.1, 0.15) is 12.5 Å². The lowest BCUT2D eigenvalue weighted by Crippen LogP contribution is -2.27. The van der Waals surface area contributed by atoms with Crippen LogP contribution in [0.2, 0.25) is 0 Å². The molecule has 2 N–H and O–H groups in total. The fourth-order valence-corrected chi connectivity index (χ4v) is 2.96. The zero-order valence-electron chi connectivity index (χ0n) is 16.9. The summed E-state index contributed by atoms with van der Waals surface area (Å²) in [6.07, 6.45) is 1.63. The zero-order chi connectivity index (χ0) is 21.8.